The number of hydrogen-bond acceptors (Lipinski definition) is 5. The van der Waals surface area contributed by atoms with Crippen molar-refractivity contribution >= 4 is 32.5 Å². The van der Waals surface area contributed by atoms with Gasteiger partial charge in [-0.15, -0.1) is 22.7 Å². The maximum Gasteiger partial charge on any atom is 0.174 e. The first-order valence-corrected chi connectivity index (χ1v) is 11.3. The largest absolute Gasteiger partial charge is 0.235 e. The molecule has 0 N–H and O–H groups in total. The zero-order valence-corrected chi connectivity index (χ0v) is 16.4. The third-order valence-electron chi connectivity index (χ3n) is 3.63. The maximum atomic E-state index is 13.2. The first-order valence-electron chi connectivity index (χ1n) is 7.69. The highest BCUT2D eigenvalue weighted by Gasteiger charge is 2.14. The minimum Gasteiger partial charge on any atom is -0.235 e. The Labute approximate surface area is 160 Å². The fourth-order valence-electron chi connectivity index (χ4n) is 2.25. The molecule has 0 spiro atoms. The highest BCUT2D eigenvalue weighted by Crippen LogP contribution is 2.36. The number of thiazole rings is 1. The molecule has 0 amide bonds. The lowest BCUT2D eigenvalue weighted by Gasteiger charge is -2.00. The van der Waals surface area contributed by atoms with Crippen LogP contribution in [0.25, 0.3) is 21.1 Å². The lowest BCUT2D eigenvalue weighted by molar-refractivity contribution is 0.608. The molecule has 0 saturated heterocycles. The highest BCUT2D eigenvalue weighted by molar-refractivity contribution is 7.94. The summed E-state index contributed by atoms with van der Waals surface area (Å²) < 4.78 is 36.2. The molecule has 3 rings (SSSR count). The van der Waals surface area contributed by atoms with E-state index in [1.807, 2.05) is 17.5 Å². The number of thiophene rings is 1. The van der Waals surface area contributed by atoms with Crippen LogP contribution in [0, 0.1) is 5.82 Å². The van der Waals surface area contributed by atoms with Crippen molar-refractivity contribution in [2.24, 2.45) is 0 Å². The average molecular weight is 406 g/mol. The van der Waals surface area contributed by atoms with E-state index in [9.17, 15) is 12.8 Å². The Balaban J connectivity index is 1.95. The summed E-state index contributed by atoms with van der Waals surface area (Å²) in [4.78, 5) is 6.85. The van der Waals surface area contributed by atoms with Crippen molar-refractivity contribution in [3.8, 4) is 21.1 Å². The van der Waals surface area contributed by atoms with E-state index < -0.39 is 9.84 Å². The molecule has 0 saturated carbocycles. The summed E-state index contributed by atoms with van der Waals surface area (Å²) in [7, 11) is -3.29. The summed E-state index contributed by atoms with van der Waals surface area (Å²) in [5.41, 5.74) is 1.61. The molecular formula is C19H16FNO2S3. The van der Waals surface area contributed by atoms with E-state index in [1.165, 1.54) is 18.2 Å². The van der Waals surface area contributed by atoms with Gasteiger partial charge in [0.15, 0.2) is 9.84 Å². The molecule has 0 aliphatic heterocycles. The molecule has 0 radical (unpaired) electrons. The smallest absolute Gasteiger partial charge is 0.174 e. The minimum atomic E-state index is -3.29. The molecule has 134 valence electrons. The Hall–Kier alpha value is -2.09. The molecule has 3 aromatic rings. The van der Waals surface area contributed by atoms with Gasteiger partial charge in [0.1, 0.15) is 10.8 Å². The van der Waals surface area contributed by atoms with E-state index in [0.717, 1.165) is 32.3 Å². The van der Waals surface area contributed by atoms with Gasteiger partial charge < -0.3 is 0 Å². The van der Waals surface area contributed by atoms with Gasteiger partial charge in [-0.25, -0.2) is 17.8 Å². The predicted molar refractivity (Wildman–Crippen MR) is 108 cm³/mol. The van der Waals surface area contributed by atoms with E-state index in [-0.39, 0.29) is 10.7 Å². The monoisotopic (exact) mass is 405 g/mol. The third kappa shape index (κ3) is 4.35. The summed E-state index contributed by atoms with van der Waals surface area (Å²) in [6, 6.07) is 10.2. The number of allylic oxidation sites excluding steroid dienone is 2. The summed E-state index contributed by atoms with van der Waals surface area (Å²) in [6.07, 6.45) is 4.92. The Morgan fingerprint density at radius 2 is 2.00 bits per heavy atom. The van der Waals surface area contributed by atoms with Crippen molar-refractivity contribution in [2.75, 3.05) is 6.26 Å². The first-order chi connectivity index (χ1) is 12.3. The van der Waals surface area contributed by atoms with Gasteiger partial charge in [-0.3, -0.25) is 0 Å². The van der Waals surface area contributed by atoms with Crippen molar-refractivity contribution in [2.45, 2.75) is 6.42 Å². The minimum absolute atomic E-state index is 0.0730. The number of rotatable bonds is 6. The Kier molecular flexibility index (Phi) is 5.50. The van der Waals surface area contributed by atoms with Crippen LogP contribution in [0.15, 0.2) is 65.4 Å². The van der Waals surface area contributed by atoms with Gasteiger partial charge in [-0.1, -0.05) is 18.7 Å². The van der Waals surface area contributed by atoms with Gasteiger partial charge in [0, 0.05) is 23.1 Å². The lowest BCUT2D eigenvalue weighted by Crippen LogP contribution is -1.96. The number of hydrogen-bond donors (Lipinski definition) is 0. The number of benzene rings is 1. The summed E-state index contributed by atoms with van der Waals surface area (Å²) in [5, 5.41) is 2.88. The number of sulfone groups is 1. The molecule has 3 nitrogen and oxygen atoms in total. The Morgan fingerprint density at radius 3 is 2.62 bits per heavy atom. The molecule has 1 aromatic carbocycles. The molecule has 0 unspecified atom stereocenters. The number of nitrogens with zero attached hydrogens (tertiary/aromatic N) is 1. The molecule has 26 heavy (non-hydrogen) atoms. The fraction of sp³-hybridized carbons (Fsp3) is 0.105. The SMILES string of the molecule is C=C(/C=C\Cc1sc(-c2cccs2)nc1-c1ccc(F)cc1)S(C)(=O)=O. The van der Waals surface area contributed by atoms with Gasteiger partial charge in [-0.2, -0.15) is 0 Å². The highest BCUT2D eigenvalue weighted by atomic mass is 32.2. The standard InChI is InChI=1S/C19H16FNO2S3/c1-13(26(2,22)23)5-3-6-16-18(14-8-10-15(20)11-9-14)21-19(25-16)17-7-4-12-24-17/h3-5,7-12H,1,6H2,2H3/b5-3-. The van der Waals surface area contributed by atoms with Crippen LogP contribution in [0.1, 0.15) is 4.88 Å². The van der Waals surface area contributed by atoms with Crippen molar-refractivity contribution in [3.05, 3.63) is 76.1 Å². The van der Waals surface area contributed by atoms with Crippen LogP contribution < -0.4 is 0 Å². The van der Waals surface area contributed by atoms with Gasteiger partial charge in [0.2, 0.25) is 0 Å². The molecule has 7 heteroatoms. The number of halogens is 1. The summed E-state index contributed by atoms with van der Waals surface area (Å²) >= 11 is 3.15. The summed E-state index contributed by atoms with van der Waals surface area (Å²) in [6.45, 7) is 3.57. The van der Waals surface area contributed by atoms with Crippen LogP contribution in [0.3, 0.4) is 0 Å². The molecule has 0 aliphatic rings. The van der Waals surface area contributed by atoms with Crippen molar-refractivity contribution < 1.29 is 12.8 Å². The van der Waals surface area contributed by atoms with Crippen LogP contribution in [-0.4, -0.2) is 19.7 Å². The molecule has 2 heterocycles. The zero-order chi connectivity index (χ0) is 18.7. The second kappa shape index (κ2) is 7.65. The van der Waals surface area contributed by atoms with E-state index in [1.54, 1.807) is 40.9 Å². The molecule has 0 bridgehead atoms. The lowest BCUT2D eigenvalue weighted by atomic mass is 10.1. The second-order valence-electron chi connectivity index (χ2n) is 5.62. The van der Waals surface area contributed by atoms with Gasteiger partial charge >= 0.3 is 0 Å². The van der Waals surface area contributed by atoms with Crippen molar-refractivity contribution in [3.63, 3.8) is 0 Å². The molecular weight excluding hydrogens is 389 g/mol. The van der Waals surface area contributed by atoms with E-state index in [2.05, 4.69) is 6.58 Å². The number of aromatic nitrogens is 1. The van der Waals surface area contributed by atoms with Crippen LogP contribution in [0.4, 0.5) is 4.39 Å². The Bertz CT molecular complexity index is 1050. The molecule has 0 atom stereocenters. The normalized spacial score (nSPS) is 11.9. The van der Waals surface area contributed by atoms with Crippen LogP contribution >= 0.6 is 22.7 Å². The third-order valence-corrected chi connectivity index (χ3v) is 6.84. The van der Waals surface area contributed by atoms with Crippen LogP contribution in [0.5, 0.6) is 0 Å². The van der Waals surface area contributed by atoms with E-state index in [0.29, 0.717) is 6.42 Å². The second-order valence-corrected chi connectivity index (χ2v) is 9.72. The quantitative estimate of drug-likeness (QED) is 0.521. The molecule has 0 aliphatic carbocycles. The zero-order valence-electron chi connectivity index (χ0n) is 14.0. The molecule has 0 fully saturated rings. The van der Waals surface area contributed by atoms with Crippen molar-refractivity contribution in [1.29, 1.82) is 0 Å². The van der Waals surface area contributed by atoms with Gasteiger partial charge in [0.05, 0.1) is 15.5 Å². The Morgan fingerprint density at radius 1 is 1.27 bits per heavy atom. The van der Waals surface area contributed by atoms with Gasteiger partial charge in [-0.05, 0) is 41.8 Å². The van der Waals surface area contributed by atoms with Crippen LogP contribution in [-0.2, 0) is 16.3 Å². The van der Waals surface area contributed by atoms with Crippen molar-refractivity contribution in [1.82, 2.24) is 4.98 Å². The maximum absolute atomic E-state index is 13.2. The first kappa shape index (κ1) is 18.7. The fourth-order valence-corrected chi connectivity index (χ4v) is 4.45. The topological polar surface area (TPSA) is 47.0 Å². The van der Waals surface area contributed by atoms with E-state index in [4.69, 9.17) is 4.98 Å². The van der Waals surface area contributed by atoms with E-state index >= 15 is 0 Å². The van der Waals surface area contributed by atoms with Crippen LogP contribution in [0.2, 0.25) is 0 Å². The molecule has 2 aromatic heterocycles. The average Bonchev–Trinajstić information content (AvgIpc) is 3.24. The predicted octanol–water partition coefficient (Wildman–Crippen LogP) is 5.33. The van der Waals surface area contributed by atoms with Gasteiger partial charge in [0.25, 0.3) is 0 Å². The summed E-state index contributed by atoms with van der Waals surface area (Å²) in [5.74, 6) is -0.298.